The fourth-order valence-electron chi connectivity index (χ4n) is 3.06. The number of ether oxygens (including phenoxy) is 3. The van der Waals surface area contributed by atoms with Crippen LogP contribution in [0.1, 0.15) is 47.0 Å². The van der Waals surface area contributed by atoms with Crippen LogP contribution in [0.25, 0.3) is 0 Å². The van der Waals surface area contributed by atoms with Gasteiger partial charge in [-0.25, -0.2) is 0 Å². The molecule has 1 aliphatic carbocycles. The summed E-state index contributed by atoms with van der Waals surface area (Å²) in [7, 11) is 0. The highest BCUT2D eigenvalue weighted by molar-refractivity contribution is 5.72. The van der Waals surface area contributed by atoms with Crippen molar-refractivity contribution in [2.24, 2.45) is 11.8 Å². The monoisotopic (exact) mass is 374 g/mol. The van der Waals surface area contributed by atoms with E-state index in [9.17, 15) is 18.0 Å². The molecule has 2 rings (SSSR count). The Balaban J connectivity index is 1.97. The van der Waals surface area contributed by atoms with Crippen molar-refractivity contribution in [3.63, 3.8) is 0 Å². The molecule has 7 heteroatoms. The predicted octanol–water partition coefficient (Wildman–Crippen LogP) is 5.11. The zero-order valence-corrected chi connectivity index (χ0v) is 15.4. The fraction of sp³-hybridized carbons (Fsp3) is 0.632. The molecule has 26 heavy (non-hydrogen) atoms. The van der Waals surface area contributed by atoms with Gasteiger partial charge in [0.15, 0.2) is 11.5 Å². The molecule has 1 fully saturated rings. The molecule has 0 bridgehead atoms. The average Bonchev–Trinajstić information content (AvgIpc) is 2.94. The lowest BCUT2D eigenvalue weighted by Crippen LogP contribution is -2.30. The van der Waals surface area contributed by atoms with Crippen LogP contribution in [0.2, 0.25) is 0 Å². The third-order valence-electron chi connectivity index (χ3n) is 4.28. The van der Waals surface area contributed by atoms with E-state index in [1.54, 1.807) is 6.07 Å². The maximum Gasteiger partial charge on any atom is 0.573 e. The molecule has 1 saturated carbocycles. The van der Waals surface area contributed by atoms with Crippen LogP contribution in [0.5, 0.6) is 11.5 Å². The second-order valence-electron chi connectivity index (χ2n) is 7.63. The van der Waals surface area contributed by atoms with E-state index in [-0.39, 0.29) is 35.4 Å². The first-order chi connectivity index (χ1) is 11.9. The van der Waals surface area contributed by atoms with Crippen molar-refractivity contribution in [2.75, 3.05) is 0 Å². The van der Waals surface area contributed by atoms with Gasteiger partial charge in [-0.05, 0) is 58.1 Å². The summed E-state index contributed by atoms with van der Waals surface area (Å²) in [4.78, 5) is 12.2. The van der Waals surface area contributed by atoms with Crippen molar-refractivity contribution in [1.29, 1.82) is 0 Å². The number of carbonyl (C=O) groups excluding carboxylic acids is 1. The van der Waals surface area contributed by atoms with Crippen LogP contribution in [-0.2, 0) is 9.53 Å². The summed E-state index contributed by atoms with van der Waals surface area (Å²) in [6, 6.07) is 5.72. The summed E-state index contributed by atoms with van der Waals surface area (Å²) in [6.07, 6.45) is -3.03. The quantitative estimate of drug-likeness (QED) is 0.672. The van der Waals surface area contributed by atoms with Gasteiger partial charge in [0.25, 0.3) is 0 Å². The van der Waals surface area contributed by atoms with E-state index in [1.807, 2.05) is 27.7 Å². The Morgan fingerprint density at radius 3 is 2.31 bits per heavy atom. The number of hydrogen-bond donors (Lipinski definition) is 0. The Bertz CT molecular complexity index is 622. The van der Waals surface area contributed by atoms with Crippen molar-refractivity contribution < 1.29 is 32.2 Å². The second kappa shape index (κ2) is 7.76. The number of esters is 1. The Labute approximate surface area is 151 Å². The molecular weight excluding hydrogens is 349 g/mol. The Morgan fingerprint density at radius 1 is 1.12 bits per heavy atom. The first-order valence-electron chi connectivity index (χ1n) is 8.69. The Kier molecular flexibility index (Phi) is 6.09. The number of rotatable bonds is 5. The standard InChI is InChI=1S/C19H25F3O4/c1-12(17(23)26-18(2,3)4)13-9-10-14(11-13)24-15-7-5-6-8-16(15)25-19(20,21)22/h5-8,12-14H,9-11H2,1-4H3. The summed E-state index contributed by atoms with van der Waals surface area (Å²) in [5.74, 6) is -0.775. The zero-order chi connectivity index (χ0) is 19.5. The minimum Gasteiger partial charge on any atom is -0.487 e. The van der Waals surface area contributed by atoms with Crippen LogP contribution < -0.4 is 9.47 Å². The van der Waals surface area contributed by atoms with Gasteiger partial charge in [0.05, 0.1) is 12.0 Å². The topological polar surface area (TPSA) is 44.8 Å². The third kappa shape index (κ3) is 6.11. The van der Waals surface area contributed by atoms with Crippen molar-refractivity contribution in [2.45, 2.75) is 65.0 Å². The van der Waals surface area contributed by atoms with Gasteiger partial charge in [0.2, 0.25) is 0 Å². The van der Waals surface area contributed by atoms with Gasteiger partial charge in [-0.3, -0.25) is 4.79 Å². The summed E-state index contributed by atoms with van der Waals surface area (Å²) in [5, 5.41) is 0. The Hall–Kier alpha value is -1.92. The summed E-state index contributed by atoms with van der Waals surface area (Å²) in [5.41, 5.74) is -0.548. The van der Waals surface area contributed by atoms with E-state index in [0.29, 0.717) is 12.8 Å². The molecule has 0 N–H and O–H groups in total. The second-order valence-corrected chi connectivity index (χ2v) is 7.63. The van der Waals surface area contributed by atoms with E-state index in [2.05, 4.69) is 4.74 Å². The van der Waals surface area contributed by atoms with Gasteiger partial charge in [-0.1, -0.05) is 19.1 Å². The van der Waals surface area contributed by atoms with Crippen molar-refractivity contribution in [1.82, 2.24) is 0 Å². The fourth-order valence-corrected chi connectivity index (χ4v) is 3.06. The van der Waals surface area contributed by atoms with E-state index < -0.39 is 12.0 Å². The molecule has 0 radical (unpaired) electrons. The molecule has 1 aromatic carbocycles. The maximum atomic E-state index is 12.5. The van der Waals surface area contributed by atoms with E-state index in [1.165, 1.54) is 18.2 Å². The Morgan fingerprint density at radius 2 is 1.73 bits per heavy atom. The number of para-hydroxylation sites is 2. The van der Waals surface area contributed by atoms with Crippen LogP contribution in [0.15, 0.2) is 24.3 Å². The summed E-state index contributed by atoms with van der Waals surface area (Å²) < 4.78 is 52.7. The number of carbonyl (C=O) groups is 1. The number of halogens is 3. The van der Waals surface area contributed by atoms with Crippen molar-refractivity contribution in [3.05, 3.63) is 24.3 Å². The van der Waals surface area contributed by atoms with Crippen molar-refractivity contribution >= 4 is 5.97 Å². The molecule has 3 unspecified atom stereocenters. The lowest BCUT2D eigenvalue weighted by molar-refractivity contribution is -0.275. The van der Waals surface area contributed by atoms with E-state index >= 15 is 0 Å². The van der Waals surface area contributed by atoms with Crippen LogP contribution in [0.4, 0.5) is 13.2 Å². The molecule has 0 aliphatic heterocycles. The minimum atomic E-state index is -4.77. The number of alkyl halides is 3. The normalized spacial score (nSPS) is 22.0. The minimum absolute atomic E-state index is 0.0559. The SMILES string of the molecule is CC(C(=O)OC(C)(C)C)C1CCC(Oc2ccccc2OC(F)(F)F)C1. The van der Waals surface area contributed by atoms with Gasteiger partial charge in [0.1, 0.15) is 5.60 Å². The molecule has 0 spiro atoms. The zero-order valence-electron chi connectivity index (χ0n) is 15.4. The highest BCUT2D eigenvalue weighted by atomic mass is 19.4. The molecule has 1 aliphatic rings. The average molecular weight is 374 g/mol. The predicted molar refractivity (Wildman–Crippen MR) is 89.9 cm³/mol. The lowest BCUT2D eigenvalue weighted by Gasteiger charge is -2.25. The first kappa shape index (κ1) is 20.4. The van der Waals surface area contributed by atoms with Crippen LogP contribution in [-0.4, -0.2) is 24.0 Å². The summed E-state index contributed by atoms with van der Waals surface area (Å²) in [6.45, 7) is 7.27. The van der Waals surface area contributed by atoms with Gasteiger partial charge < -0.3 is 14.2 Å². The molecule has 4 nitrogen and oxygen atoms in total. The maximum absolute atomic E-state index is 12.5. The highest BCUT2D eigenvalue weighted by Gasteiger charge is 2.36. The van der Waals surface area contributed by atoms with Gasteiger partial charge in [-0.15, -0.1) is 13.2 Å². The van der Waals surface area contributed by atoms with Crippen molar-refractivity contribution in [3.8, 4) is 11.5 Å². The van der Waals surface area contributed by atoms with Gasteiger partial charge in [-0.2, -0.15) is 0 Å². The smallest absolute Gasteiger partial charge is 0.487 e. The summed E-state index contributed by atoms with van der Waals surface area (Å²) >= 11 is 0. The van der Waals surface area contributed by atoms with Crippen LogP contribution in [0, 0.1) is 11.8 Å². The molecule has 0 heterocycles. The molecule has 0 saturated heterocycles. The molecule has 3 atom stereocenters. The lowest BCUT2D eigenvalue weighted by atomic mass is 9.92. The van der Waals surface area contributed by atoms with E-state index in [4.69, 9.17) is 9.47 Å². The molecule has 146 valence electrons. The molecular formula is C19H25F3O4. The van der Waals surface area contributed by atoms with Crippen LogP contribution in [0.3, 0.4) is 0 Å². The number of benzene rings is 1. The molecule has 1 aromatic rings. The largest absolute Gasteiger partial charge is 0.573 e. The third-order valence-corrected chi connectivity index (χ3v) is 4.28. The van der Waals surface area contributed by atoms with Gasteiger partial charge in [0, 0.05) is 0 Å². The first-order valence-corrected chi connectivity index (χ1v) is 8.69. The molecule has 0 aromatic heterocycles. The number of hydrogen-bond acceptors (Lipinski definition) is 4. The molecule has 0 amide bonds. The highest BCUT2D eigenvalue weighted by Crippen LogP contribution is 2.38. The van der Waals surface area contributed by atoms with Gasteiger partial charge >= 0.3 is 12.3 Å². The van der Waals surface area contributed by atoms with Crippen LogP contribution >= 0.6 is 0 Å². The van der Waals surface area contributed by atoms with E-state index in [0.717, 1.165) is 6.42 Å².